The van der Waals surface area contributed by atoms with Gasteiger partial charge in [0.25, 0.3) is 0 Å². The number of nitrogens with zero attached hydrogens (tertiary/aromatic N) is 3. The van der Waals surface area contributed by atoms with Crippen molar-refractivity contribution in [3.8, 4) is 0 Å². The van der Waals surface area contributed by atoms with Gasteiger partial charge in [-0.05, 0) is 26.7 Å². The molecule has 1 N–H and O–H groups in total. The van der Waals surface area contributed by atoms with Crippen molar-refractivity contribution in [2.45, 2.75) is 32.8 Å². The Hall–Kier alpha value is -1.56. The number of rotatable bonds is 3. The molecule has 0 aliphatic carbocycles. The molecule has 2 heterocycles. The summed E-state index contributed by atoms with van der Waals surface area (Å²) in [4.78, 5) is 14.0. The van der Waals surface area contributed by atoms with Crippen LogP contribution < -0.4 is 5.32 Å². The number of anilines is 1. The maximum atomic E-state index is 12.2. The van der Waals surface area contributed by atoms with Crippen LogP contribution in [0.3, 0.4) is 0 Å². The van der Waals surface area contributed by atoms with E-state index in [1.54, 1.807) is 4.68 Å². The van der Waals surface area contributed by atoms with Gasteiger partial charge in [-0.25, -0.2) is 4.79 Å². The van der Waals surface area contributed by atoms with Crippen molar-refractivity contribution in [2.24, 2.45) is 7.05 Å². The van der Waals surface area contributed by atoms with Crippen LogP contribution >= 0.6 is 0 Å². The number of urea groups is 1. The summed E-state index contributed by atoms with van der Waals surface area (Å²) in [5, 5.41) is 7.11. The highest BCUT2D eigenvalue weighted by Crippen LogP contribution is 2.15. The van der Waals surface area contributed by atoms with Gasteiger partial charge in [-0.15, -0.1) is 0 Å². The Balaban J connectivity index is 1.94. The molecule has 2 rings (SSSR count). The van der Waals surface area contributed by atoms with Gasteiger partial charge in [-0.3, -0.25) is 10.00 Å². The molecule has 0 spiro atoms. The lowest BCUT2D eigenvalue weighted by Crippen LogP contribution is -2.45. The zero-order chi connectivity index (χ0) is 13.8. The van der Waals surface area contributed by atoms with Gasteiger partial charge in [-0.2, -0.15) is 5.10 Å². The fourth-order valence-corrected chi connectivity index (χ4v) is 2.41. The van der Waals surface area contributed by atoms with Crippen LogP contribution in [-0.2, 0) is 11.8 Å². The fraction of sp³-hybridized carbons (Fsp3) is 0.692. The van der Waals surface area contributed by atoms with E-state index in [0.29, 0.717) is 13.2 Å². The minimum Gasteiger partial charge on any atom is -0.377 e. The predicted molar refractivity (Wildman–Crippen MR) is 73.2 cm³/mol. The molecule has 1 fully saturated rings. The van der Waals surface area contributed by atoms with Crippen molar-refractivity contribution in [1.82, 2.24) is 14.7 Å². The zero-order valence-corrected chi connectivity index (χ0v) is 11.8. The van der Waals surface area contributed by atoms with E-state index in [-0.39, 0.29) is 12.1 Å². The van der Waals surface area contributed by atoms with E-state index in [9.17, 15) is 4.79 Å². The number of amides is 2. The van der Waals surface area contributed by atoms with Crippen LogP contribution in [0.1, 0.15) is 25.5 Å². The van der Waals surface area contributed by atoms with Crippen LogP contribution in [0.25, 0.3) is 0 Å². The molecule has 1 saturated heterocycles. The highest BCUT2D eigenvalue weighted by Gasteiger charge is 2.24. The van der Waals surface area contributed by atoms with Crippen LogP contribution in [0.4, 0.5) is 10.6 Å². The van der Waals surface area contributed by atoms with Gasteiger partial charge in [-0.1, -0.05) is 0 Å². The van der Waals surface area contributed by atoms with Gasteiger partial charge in [0.15, 0.2) is 0 Å². The van der Waals surface area contributed by atoms with E-state index in [0.717, 1.165) is 30.9 Å². The minimum atomic E-state index is -0.0765. The predicted octanol–water partition coefficient (Wildman–Crippen LogP) is 1.76. The van der Waals surface area contributed by atoms with Gasteiger partial charge in [0, 0.05) is 32.8 Å². The molecule has 1 aliphatic rings. The summed E-state index contributed by atoms with van der Waals surface area (Å²) in [6.07, 6.45) is 2.18. The van der Waals surface area contributed by atoms with Crippen molar-refractivity contribution >= 4 is 11.8 Å². The normalized spacial score (nSPS) is 19.5. The Morgan fingerprint density at radius 1 is 1.63 bits per heavy atom. The Bertz CT molecular complexity index is 442. The third kappa shape index (κ3) is 3.47. The number of nitrogens with one attached hydrogen (secondary N) is 1. The summed E-state index contributed by atoms with van der Waals surface area (Å²) in [6, 6.07) is 1.79. The quantitative estimate of drug-likeness (QED) is 0.907. The minimum absolute atomic E-state index is 0.0765. The number of hydrogen-bond donors (Lipinski definition) is 1. The molecule has 19 heavy (non-hydrogen) atoms. The molecule has 1 aromatic rings. The van der Waals surface area contributed by atoms with Gasteiger partial charge in [0.2, 0.25) is 0 Å². The highest BCUT2D eigenvalue weighted by atomic mass is 16.5. The van der Waals surface area contributed by atoms with E-state index in [4.69, 9.17) is 4.74 Å². The Labute approximate surface area is 113 Å². The van der Waals surface area contributed by atoms with Crippen LogP contribution in [0.5, 0.6) is 0 Å². The molecule has 2 amide bonds. The first-order chi connectivity index (χ1) is 9.10. The fourth-order valence-electron chi connectivity index (χ4n) is 2.41. The molecular formula is C13H22N4O2. The number of likely N-dealkylation sites (tertiary alicyclic amines) is 1. The van der Waals surface area contributed by atoms with Crippen LogP contribution in [0, 0.1) is 6.92 Å². The third-order valence-electron chi connectivity index (χ3n) is 3.30. The maximum Gasteiger partial charge on any atom is 0.323 e. The lowest BCUT2D eigenvalue weighted by Gasteiger charge is -2.32. The summed E-state index contributed by atoms with van der Waals surface area (Å²) in [7, 11) is 1.82. The Morgan fingerprint density at radius 3 is 3.05 bits per heavy atom. The lowest BCUT2D eigenvalue weighted by atomic mass is 10.1. The number of aromatic nitrogens is 2. The topological polar surface area (TPSA) is 59.4 Å². The molecule has 106 valence electrons. The smallest absolute Gasteiger partial charge is 0.323 e. The second kappa shape index (κ2) is 6.06. The Morgan fingerprint density at radius 2 is 2.42 bits per heavy atom. The monoisotopic (exact) mass is 266 g/mol. The van der Waals surface area contributed by atoms with Gasteiger partial charge >= 0.3 is 6.03 Å². The number of hydrogen-bond acceptors (Lipinski definition) is 3. The molecule has 0 bridgehead atoms. The molecule has 0 saturated carbocycles. The molecule has 6 heteroatoms. The zero-order valence-electron chi connectivity index (χ0n) is 11.8. The van der Waals surface area contributed by atoms with Crippen LogP contribution in [0.2, 0.25) is 0 Å². The highest BCUT2D eigenvalue weighted by molar-refractivity contribution is 5.88. The maximum absolute atomic E-state index is 12.2. The number of carbonyl (C=O) groups excluding carboxylic acids is 1. The molecular weight excluding hydrogens is 244 g/mol. The SMILES string of the molecule is CCO[C@H]1CCCN(C(=O)Nc2cc(C)nn2C)C1. The second-order valence-corrected chi connectivity index (χ2v) is 4.89. The van der Waals surface area contributed by atoms with Gasteiger partial charge < -0.3 is 9.64 Å². The van der Waals surface area contributed by atoms with E-state index < -0.39 is 0 Å². The van der Waals surface area contributed by atoms with Gasteiger partial charge in [0.1, 0.15) is 5.82 Å². The van der Waals surface area contributed by atoms with E-state index in [1.807, 2.05) is 31.9 Å². The summed E-state index contributed by atoms with van der Waals surface area (Å²) in [5.74, 6) is 0.723. The van der Waals surface area contributed by atoms with Crippen molar-refractivity contribution in [2.75, 3.05) is 25.0 Å². The average molecular weight is 266 g/mol. The molecule has 1 atom stereocenters. The first kappa shape index (κ1) is 13.9. The summed E-state index contributed by atoms with van der Waals surface area (Å²) < 4.78 is 7.28. The standard InChI is InChI=1S/C13H22N4O2/c1-4-19-11-6-5-7-17(9-11)13(18)14-12-8-10(2)15-16(12)3/h8,11H,4-7,9H2,1-3H3,(H,14,18)/t11-/m0/s1. The lowest BCUT2D eigenvalue weighted by molar-refractivity contribution is 0.0181. The van der Waals surface area contributed by atoms with Crippen molar-refractivity contribution < 1.29 is 9.53 Å². The summed E-state index contributed by atoms with van der Waals surface area (Å²) in [6.45, 7) is 6.03. The molecule has 6 nitrogen and oxygen atoms in total. The number of carbonyl (C=O) groups is 1. The summed E-state index contributed by atoms with van der Waals surface area (Å²) in [5.41, 5.74) is 0.892. The number of ether oxygens (including phenoxy) is 1. The Kier molecular flexibility index (Phi) is 4.42. The molecule has 0 radical (unpaired) electrons. The first-order valence-electron chi connectivity index (χ1n) is 6.78. The van der Waals surface area contributed by atoms with Crippen molar-refractivity contribution in [1.29, 1.82) is 0 Å². The average Bonchev–Trinajstić information content (AvgIpc) is 2.68. The first-order valence-corrected chi connectivity index (χ1v) is 6.78. The summed E-state index contributed by atoms with van der Waals surface area (Å²) >= 11 is 0. The van der Waals surface area contributed by atoms with E-state index >= 15 is 0 Å². The van der Waals surface area contributed by atoms with E-state index in [1.165, 1.54) is 0 Å². The number of aryl methyl sites for hydroxylation is 2. The van der Waals surface area contributed by atoms with E-state index in [2.05, 4.69) is 10.4 Å². The van der Waals surface area contributed by atoms with Crippen LogP contribution in [0.15, 0.2) is 6.07 Å². The largest absolute Gasteiger partial charge is 0.377 e. The molecule has 0 aromatic carbocycles. The second-order valence-electron chi connectivity index (χ2n) is 4.89. The van der Waals surface area contributed by atoms with Crippen molar-refractivity contribution in [3.63, 3.8) is 0 Å². The molecule has 0 unspecified atom stereocenters. The van der Waals surface area contributed by atoms with Crippen molar-refractivity contribution in [3.05, 3.63) is 11.8 Å². The number of piperidine rings is 1. The molecule has 1 aromatic heterocycles. The third-order valence-corrected chi connectivity index (χ3v) is 3.30. The van der Waals surface area contributed by atoms with Gasteiger partial charge in [0.05, 0.1) is 11.8 Å². The van der Waals surface area contributed by atoms with Crippen LogP contribution in [-0.4, -0.2) is 46.5 Å². The molecule has 1 aliphatic heterocycles.